The predicted molar refractivity (Wildman–Crippen MR) is 101 cm³/mol. The maximum absolute atomic E-state index is 12.1. The molecule has 0 saturated heterocycles. The minimum Gasteiger partial charge on any atom is -0.452 e. The molecule has 8 nitrogen and oxygen atoms in total. The second-order valence-electron chi connectivity index (χ2n) is 5.25. The Morgan fingerprint density at radius 2 is 1.96 bits per heavy atom. The number of rotatable bonds is 6. The predicted octanol–water partition coefficient (Wildman–Crippen LogP) is 2.40. The van der Waals surface area contributed by atoms with Gasteiger partial charge >= 0.3 is 5.97 Å². The van der Waals surface area contributed by atoms with Crippen LogP contribution in [0.4, 0.5) is 5.82 Å². The van der Waals surface area contributed by atoms with Gasteiger partial charge in [0.25, 0.3) is 5.91 Å². The lowest BCUT2D eigenvalue weighted by Crippen LogP contribution is -2.22. The Morgan fingerprint density at radius 1 is 1.26 bits per heavy atom. The van der Waals surface area contributed by atoms with Crippen molar-refractivity contribution in [2.75, 3.05) is 19.0 Å². The SMILES string of the molecule is CNS(=O)(=O)c1cccc(C(=O)OCC(=O)Nc2ncc(Cl)c(C)c2Cl)c1. The molecule has 0 bridgehead atoms. The molecule has 0 fully saturated rings. The van der Waals surface area contributed by atoms with Crippen molar-refractivity contribution in [2.24, 2.45) is 0 Å². The summed E-state index contributed by atoms with van der Waals surface area (Å²) in [6, 6.07) is 5.23. The van der Waals surface area contributed by atoms with Crippen LogP contribution in [-0.4, -0.2) is 38.9 Å². The number of carbonyl (C=O) groups is 2. The molecule has 0 saturated carbocycles. The molecular weight excluding hydrogens is 417 g/mol. The summed E-state index contributed by atoms with van der Waals surface area (Å²) in [6.45, 7) is 1.05. The average Bonchev–Trinajstić information content (AvgIpc) is 2.66. The molecule has 0 aliphatic carbocycles. The van der Waals surface area contributed by atoms with Crippen molar-refractivity contribution in [1.82, 2.24) is 9.71 Å². The first kappa shape index (κ1) is 21.1. The van der Waals surface area contributed by atoms with Gasteiger partial charge in [-0.2, -0.15) is 0 Å². The minimum atomic E-state index is -3.71. The molecule has 27 heavy (non-hydrogen) atoms. The van der Waals surface area contributed by atoms with Crippen LogP contribution in [0.25, 0.3) is 0 Å². The monoisotopic (exact) mass is 431 g/mol. The Balaban J connectivity index is 2.03. The van der Waals surface area contributed by atoms with Gasteiger partial charge in [-0.15, -0.1) is 0 Å². The number of pyridine rings is 1. The number of hydrogen-bond donors (Lipinski definition) is 2. The van der Waals surface area contributed by atoms with Crippen LogP contribution in [0.15, 0.2) is 35.4 Å². The van der Waals surface area contributed by atoms with Crippen LogP contribution in [0.2, 0.25) is 10.0 Å². The number of aromatic nitrogens is 1. The summed E-state index contributed by atoms with van der Waals surface area (Å²) in [5, 5.41) is 2.93. The van der Waals surface area contributed by atoms with Crippen molar-refractivity contribution < 1.29 is 22.7 Å². The van der Waals surface area contributed by atoms with Gasteiger partial charge in [-0.25, -0.2) is 22.9 Å². The molecule has 11 heteroatoms. The van der Waals surface area contributed by atoms with Crippen LogP contribution >= 0.6 is 23.2 Å². The number of carbonyl (C=O) groups excluding carboxylic acids is 2. The molecular formula is C16H15Cl2N3O5S. The minimum absolute atomic E-state index is 0.0161. The summed E-state index contributed by atoms with van der Waals surface area (Å²) in [5.41, 5.74) is 0.529. The highest BCUT2D eigenvalue weighted by Gasteiger charge is 2.17. The van der Waals surface area contributed by atoms with Crippen LogP contribution in [0.3, 0.4) is 0 Å². The molecule has 0 unspecified atom stereocenters. The molecule has 2 rings (SSSR count). The molecule has 0 aliphatic heterocycles. The van der Waals surface area contributed by atoms with Crippen LogP contribution in [-0.2, 0) is 19.6 Å². The van der Waals surface area contributed by atoms with E-state index < -0.39 is 28.5 Å². The number of halogens is 2. The first-order chi connectivity index (χ1) is 12.7. The second-order valence-corrected chi connectivity index (χ2v) is 7.93. The number of esters is 1. The van der Waals surface area contributed by atoms with Gasteiger partial charge in [0.2, 0.25) is 10.0 Å². The van der Waals surface area contributed by atoms with E-state index in [1.165, 1.54) is 31.4 Å². The third kappa shape index (κ3) is 5.16. The molecule has 0 spiro atoms. The Hall–Kier alpha value is -2.20. The van der Waals surface area contributed by atoms with Crippen molar-refractivity contribution in [3.8, 4) is 0 Å². The molecule has 1 aromatic carbocycles. The highest BCUT2D eigenvalue weighted by Crippen LogP contribution is 2.28. The average molecular weight is 432 g/mol. The molecule has 1 aromatic heterocycles. The zero-order valence-electron chi connectivity index (χ0n) is 14.2. The van der Waals surface area contributed by atoms with E-state index in [0.717, 1.165) is 6.07 Å². The number of ether oxygens (including phenoxy) is 1. The number of hydrogen-bond acceptors (Lipinski definition) is 6. The maximum Gasteiger partial charge on any atom is 0.338 e. The van der Waals surface area contributed by atoms with Gasteiger partial charge in [0.05, 0.1) is 20.5 Å². The first-order valence-electron chi connectivity index (χ1n) is 7.47. The second kappa shape index (κ2) is 8.66. The zero-order chi connectivity index (χ0) is 20.2. The molecule has 2 N–H and O–H groups in total. The van der Waals surface area contributed by atoms with Gasteiger partial charge in [0.15, 0.2) is 12.4 Å². The summed E-state index contributed by atoms with van der Waals surface area (Å²) in [6.07, 6.45) is 1.33. The summed E-state index contributed by atoms with van der Waals surface area (Å²) in [5.74, 6) is -1.44. The molecule has 0 aliphatic rings. The van der Waals surface area contributed by atoms with Crippen LogP contribution in [0.1, 0.15) is 15.9 Å². The Morgan fingerprint density at radius 3 is 2.63 bits per heavy atom. The largest absolute Gasteiger partial charge is 0.452 e. The van der Waals surface area contributed by atoms with E-state index in [2.05, 4.69) is 15.0 Å². The molecule has 144 valence electrons. The summed E-state index contributed by atoms with van der Waals surface area (Å²) in [7, 11) is -2.46. The highest BCUT2D eigenvalue weighted by atomic mass is 35.5. The van der Waals surface area contributed by atoms with Crippen molar-refractivity contribution in [3.63, 3.8) is 0 Å². The number of anilines is 1. The molecule has 2 aromatic rings. The Labute approximate surface area is 165 Å². The standard InChI is InChI=1S/C16H15Cl2N3O5S/c1-9-12(17)7-20-15(14(9)18)21-13(22)8-26-16(23)10-4-3-5-11(6-10)27(24,25)19-2/h3-7,19H,8H2,1-2H3,(H,20,21,22). The van der Waals surface area contributed by atoms with Crippen molar-refractivity contribution in [2.45, 2.75) is 11.8 Å². The van der Waals surface area contributed by atoms with Crippen LogP contribution in [0.5, 0.6) is 0 Å². The van der Waals surface area contributed by atoms with Gasteiger partial charge in [-0.3, -0.25) is 4.79 Å². The van der Waals surface area contributed by atoms with Crippen molar-refractivity contribution in [1.29, 1.82) is 0 Å². The molecule has 1 heterocycles. The van der Waals surface area contributed by atoms with E-state index in [-0.39, 0.29) is 21.3 Å². The van der Waals surface area contributed by atoms with Gasteiger partial charge < -0.3 is 10.1 Å². The third-order valence-electron chi connectivity index (χ3n) is 3.44. The van der Waals surface area contributed by atoms with Crippen LogP contribution in [0, 0.1) is 6.92 Å². The van der Waals surface area contributed by atoms with Gasteiger partial charge in [0.1, 0.15) is 0 Å². The molecule has 1 amide bonds. The van der Waals surface area contributed by atoms with E-state index in [0.29, 0.717) is 10.6 Å². The number of benzene rings is 1. The van der Waals surface area contributed by atoms with E-state index in [1.807, 2.05) is 0 Å². The summed E-state index contributed by atoms with van der Waals surface area (Å²) < 4.78 is 30.6. The normalized spacial score (nSPS) is 11.1. The molecule has 0 atom stereocenters. The van der Waals surface area contributed by atoms with Crippen LogP contribution < -0.4 is 10.0 Å². The van der Waals surface area contributed by atoms with E-state index in [9.17, 15) is 18.0 Å². The highest BCUT2D eigenvalue weighted by molar-refractivity contribution is 7.89. The van der Waals surface area contributed by atoms with Gasteiger partial charge in [0, 0.05) is 6.20 Å². The molecule has 0 radical (unpaired) electrons. The van der Waals surface area contributed by atoms with Gasteiger partial charge in [-0.05, 0) is 37.7 Å². The Kier molecular flexibility index (Phi) is 6.77. The fourth-order valence-electron chi connectivity index (χ4n) is 1.93. The first-order valence-corrected chi connectivity index (χ1v) is 9.71. The van der Waals surface area contributed by atoms with Crippen molar-refractivity contribution in [3.05, 3.63) is 51.6 Å². The van der Waals surface area contributed by atoms with Crippen molar-refractivity contribution >= 4 is 50.9 Å². The topological polar surface area (TPSA) is 114 Å². The fraction of sp³-hybridized carbons (Fsp3) is 0.188. The number of nitrogens with one attached hydrogen (secondary N) is 2. The lowest BCUT2D eigenvalue weighted by Gasteiger charge is -2.10. The number of nitrogens with zero attached hydrogens (tertiary/aromatic N) is 1. The maximum atomic E-state index is 12.1. The lowest BCUT2D eigenvalue weighted by molar-refractivity contribution is -0.119. The third-order valence-corrected chi connectivity index (χ3v) is 5.70. The number of sulfonamides is 1. The van der Waals surface area contributed by atoms with E-state index in [1.54, 1.807) is 6.92 Å². The Bertz CT molecular complexity index is 996. The lowest BCUT2D eigenvalue weighted by atomic mass is 10.2. The fourth-order valence-corrected chi connectivity index (χ4v) is 3.10. The number of amides is 1. The quantitative estimate of drug-likeness (QED) is 0.678. The summed E-state index contributed by atoms with van der Waals surface area (Å²) in [4.78, 5) is 27.8. The van der Waals surface area contributed by atoms with E-state index >= 15 is 0 Å². The smallest absolute Gasteiger partial charge is 0.338 e. The zero-order valence-corrected chi connectivity index (χ0v) is 16.6. The summed E-state index contributed by atoms with van der Waals surface area (Å²) >= 11 is 11.9. The van der Waals surface area contributed by atoms with E-state index in [4.69, 9.17) is 27.9 Å². The van der Waals surface area contributed by atoms with Gasteiger partial charge in [-0.1, -0.05) is 29.3 Å².